The fourth-order valence-electron chi connectivity index (χ4n) is 1.58. The highest BCUT2D eigenvalue weighted by Crippen LogP contribution is 2.27. The van der Waals surface area contributed by atoms with Crippen LogP contribution in [-0.4, -0.2) is 23.8 Å². The van der Waals surface area contributed by atoms with E-state index in [-0.39, 0.29) is 23.3 Å². The van der Waals surface area contributed by atoms with Crippen LogP contribution in [0.4, 0.5) is 10.5 Å². The number of carbonyl (C=O) groups excluding carboxylic acids is 1. The minimum absolute atomic E-state index is 0.0352. The molecule has 0 saturated heterocycles. The molecule has 0 fully saturated rings. The van der Waals surface area contributed by atoms with Crippen LogP contribution in [0.5, 0.6) is 0 Å². The van der Waals surface area contributed by atoms with Crippen molar-refractivity contribution in [3.63, 3.8) is 0 Å². The topological polar surface area (TPSA) is 75.6 Å². The van der Waals surface area contributed by atoms with Gasteiger partial charge in [-0.25, -0.2) is 9.59 Å². The van der Waals surface area contributed by atoms with Crippen molar-refractivity contribution in [1.29, 1.82) is 0 Å². The Morgan fingerprint density at radius 1 is 1.40 bits per heavy atom. The Kier molecular flexibility index (Phi) is 4.91. The fraction of sp³-hybridized carbons (Fsp3) is 0.333. The Bertz CT molecular complexity index is 529. The monoisotopic (exact) mass is 277 g/mol. The first-order valence-electron chi connectivity index (χ1n) is 6.18. The molecule has 0 aliphatic carbocycles. The van der Waals surface area contributed by atoms with Crippen LogP contribution in [-0.2, 0) is 10.2 Å². The Hall–Kier alpha value is -2.30. The van der Waals surface area contributed by atoms with Gasteiger partial charge in [-0.15, -0.1) is 0 Å². The van der Waals surface area contributed by atoms with Crippen molar-refractivity contribution >= 4 is 17.7 Å². The number of hydrogen-bond donors (Lipinski definition) is 2. The number of hydrogen-bond acceptors (Lipinski definition) is 3. The van der Waals surface area contributed by atoms with E-state index in [0.717, 1.165) is 5.56 Å². The first-order valence-corrected chi connectivity index (χ1v) is 6.18. The Labute approximate surface area is 118 Å². The third-order valence-corrected chi connectivity index (χ3v) is 2.69. The number of benzene rings is 1. The minimum Gasteiger partial charge on any atom is -0.478 e. The van der Waals surface area contributed by atoms with Gasteiger partial charge in [0.1, 0.15) is 6.61 Å². The van der Waals surface area contributed by atoms with Gasteiger partial charge in [0.05, 0.1) is 11.3 Å². The summed E-state index contributed by atoms with van der Waals surface area (Å²) in [7, 11) is 0. The van der Waals surface area contributed by atoms with Crippen LogP contribution in [0.25, 0.3) is 0 Å². The van der Waals surface area contributed by atoms with Crippen LogP contribution in [0, 0.1) is 0 Å². The maximum absolute atomic E-state index is 11.5. The van der Waals surface area contributed by atoms with E-state index in [1.807, 2.05) is 20.8 Å². The van der Waals surface area contributed by atoms with Crippen LogP contribution in [0.2, 0.25) is 0 Å². The van der Waals surface area contributed by atoms with Crippen molar-refractivity contribution < 1.29 is 19.4 Å². The maximum Gasteiger partial charge on any atom is 0.411 e. The number of amides is 1. The molecule has 108 valence electrons. The zero-order chi connectivity index (χ0) is 15.3. The molecular weight excluding hydrogens is 258 g/mol. The summed E-state index contributed by atoms with van der Waals surface area (Å²) in [5.74, 6) is -1.10. The van der Waals surface area contributed by atoms with Crippen LogP contribution in [0.3, 0.4) is 0 Å². The highest BCUT2D eigenvalue weighted by Gasteiger charge is 2.19. The molecule has 20 heavy (non-hydrogen) atoms. The third-order valence-electron chi connectivity index (χ3n) is 2.69. The summed E-state index contributed by atoms with van der Waals surface area (Å²) in [4.78, 5) is 22.7. The van der Waals surface area contributed by atoms with Crippen LogP contribution < -0.4 is 5.32 Å². The number of rotatable bonds is 4. The predicted molar refractivity (Wildman–Crippen MR) is 77.3 cm³/mol. The number of anilines is 1. The first-order chi connectivity index (χ1) is 9.25. The molecule has 0 saturated carbocycles. The number of carboxylic acids is 1. The van der Waals surface area contributed by atoms with Gasteiger partial charge in [-0.05, 0) is 23.1 Å². The lowest BCUT2D eigenvalue weighted by molar-refractivity contribution is 0.0698. The zero-order valence-electron chi connectivity index (χ0n) is 11.9. The molecule has 0 aliphatic rings. The van der Waals surface area contributed by atoms with E-state index in [0.29, 0.717) is 0 Å². The van der Waals surface area contributed by atoms with Gasteiger partial charge in [-0.1, -0.05) is 39.5 Å². The number of carbonyl (C=O) groups is 2. The summed E-state index contributed by atoms with van der Waals surface area (Å²) in [6.07, 6.45) is 0.719. The second kappa shape index (κ2) is 6.23. The number of nitrogens with one attached hydrogen (secondary N) is 1. The minimum atomic E-state index is -1.10. The molecule has 0 aliphatic heterocycles. The second-order valence-electron chi connectivity index (χ2n) is 5.33. The highest BCUT2D eigenvalue weighted by molar-refractivity contribution is 5.99. The Balaban J connectivity index is 3.05. The summed E-state index contributed by atoms with van der Waals surface area (Å²) < 4.78 is 4.77. The van der Waals surface area contributed by atoms with Gasteiger partial charge in [0.25, 0.3) is 0 Å². The van der Waals surface area contributed by atoms with Crippen molar-refractivity contribution in [2.75, 3.05) is 11.9 Å². The third kappa shape index (κ3) is 4.12. The van der Waals surface area contributed by atoms with E-state index < -0.39 is 12.1 Å². The number of aromatic carboxylic acids is 1. The van der Waals surface area contributed by atoms with Crippen LogP contribution in [0.15, 0.2) is 30.9 Å². The largest absolute Gasteiger partial charge is 0.478 e. The number of ether oxygens (including phenoxy) is 1. The molecule has 0 heterocycles. The quantitative estimate of drug-likeness (QED) is 0.827. The van der Waals surface area contributed by atoms with Crippen molar-refractivity contribution in [2.45, 2.75) is 26.2 Å². The van der Waals surface area contributed by atoms with Crippen LogP contribution in [0.1, 0.15) is 36.7 Å². The van der Waals surface area contributed by atoms with Crippen molar-refractivity contribution in [3.05, 3.63) is 42.0 Å². The Morgan fingerprint density at radius 3 is 2.55 bits per heavy atom. The normalized spacial score (nSPS) is 10.8. The molecule has 0 unspecified atom stereocenters. The van der Waals surface area contributed by atoms with Crippen LogP contribution >= 0.6 is 0 Å². The average molecular weight is 277 g/mol. The molecule has 1 aromatic rings. The molecule has 1 amide bonds. The molecule has 0 radical (unpaired) electrons. The van der Waals surface area contributed by atoms with Gasteiger partial charge < -0.3 is 9.84 Å². The molecule has 5 nitrogen and oxygen atoms in total. The fourth-order valence-corrected chi connectivity index (χ4v) is 1.58. The summed E-state index contributed by atoms with van der Waals surface area (Å²) in [5, 5.41) is 11.7. The lowest BCUT2D eigenvalue weighted by Gasteiger charge is -2.20. The van der Waals surface area contributed by atoms with Crippen molar-refractivity contribution in [1.82, 2.24) is 0 Å². The average Bonchev–Trinajstić information content (AvgIpc) is 2.35. The van der Waals surface area contributed by atoms with E-state index in [1.165, 1.54) is 6.08 Å². The molecule has 1 rings (SSSR count). The van der Waals surface area contributed by atoms with Gasteiger partial charge in [0.2, 0.25) is 0 Å². The van der Waals surface area contributed by atoms with E-state index in [1.54, 1.807) is 18.2 Å². The number of carboxylic acid groups (broad SMARTS) is 1. The van der Waals surface area contributed by atoms with E-state index in [2.05, 4.69) is 11.9 Å². The molecule has 0 spiro atoms. The van der Waals surface area contributed by atoms with E-state index in [9.17, 15) is 14.7 Å². The molecule has 0 aromatic heterocycles. The molecule has 5 heteroatoms. The molecule has 0 bridgehead atoms. The molecule has 1 aromatic carbocycles. The first kappa shape index (κ1) is 15.8. The predicted octanol–water partition coefficient (Wildman–Crippen LogP) is 3.42. The molecule has 0 atom stereocenters. The summed E-state index contributed by atoms with van der Waals surface area (Å²) in [6, 6.07) is 4.92. The van der Waals surface area contributed by atoms with Gasteiger partial charge in [0, 0.05) is 0 Å². The van der Waals surface area contributed by atoms with Crippen molar-refractivity contribution in [2.24, 2.45) is 0 Å². The summed E-state index contributed by atoms with van der Waals surface area (Å²) >= 11 is 0. The van der Waals surface area contributed by atoms with E-state index in [4.69, 9.17) is 4.74 Å². The van der Waals surface area contributed by atoms with Gasteiger partial charge in [0.15, 0.2) is 0 Å². The second-order valence-corrected chi connectivity index (χ2v) is 5.33. The Morgan fingerprint density at radius 2 is 2.05 bits per heavy atom. The van der Waals surface area contributed by atoms with E-state index >= 15 is 0 Å². The van der Waals surface area contributed by atoms with Gasteiger partial charge in [-0.2, -0.15) is 0 Å². The summed E-state index contributed by atoms with van der Waals surface area (Å²) in [5.41, 5.74) is 0.943. The molecular formula is C15H19NO4. The molecule has 2 N–H and O–H groups in total. The van der Waals surface area contributed by atoms with Gasteiger partial charge >= 0.3 is 12.1 Å². The van der Waals surface area contributed by atoms with Gasteiger partial charge in [-0.3, -0.25) is 5.32 Å². The lowest BCUT2D eigenvalue weighted by Crippen LogP contribution is -2.18. The smallest absolute Gasteiger partial charge is 0.411 e. The SMILES string of the molecule is C=CCOC(=O)Nc1ccc(C(C)(C)C)cc1C(=O)O. The van der Waals surface area contributed by atoms with Crippen molar-refractivity contribution in [3.8, 4) is 0 Å². The lowest BCUT2D eigenvalue weighted by atomic mass is 9.86. The zero-order valence-corrected chi connectivity index (χ0v) is 11.9. The standard InChI is InChI=1S/C15H19NO4/c1-5-8-20-14(19)16-12-7-6-10(15(2,3)4)9-11(12)13(17)18/h5-7,9H,1,8H2,2-4H3,(H,16,19)(H,17,18). The maximum atomic E-state index is 11.5. The summed E-state index contributed by atoms with van der Waals surface area (Å²) in [6.45, 7) is 9.45. The highest BCUT2D eigenvalue weighted by atomic mass is 16.5.